The molecule has 0 saturated heterocycles. The second-order valence-electron chi connectivity index (χ2n) is 6.96. The summed E-state index contributed by atoms with van der Waals surface area (Å²) in [5.74, 6) is 0.285. The smallest absolute Gasteiger partial charge is 0.209 e. The van der Waals surface area contributed by atoms with Crippen LogP contribution in [-0.4, -0.2) is 26.9 Å². The van der Waals surface area contributed by atoms with Crippen molar-refractivity contribution >= 4 is 34.0 Å². The molecule has 0 aliphatic carbocycles. The van der Waals surface area contributed by atoms with Gasteiger partial charge in [0.15, 0.2) is 0 Å². The van der Waals surface area contributed by atoms with Gasteiger partial charge in [-0.25, -0.2) is 10.4 Å². The number of fused-ring (bicyclic) bond motifs is 2. The summed E-state index contributed by atoms with van der Waals surface area (Å²) in [5, 5.41) is 11.1. The summed E-state index contributed by atoms with van der Waals surface area (Å²) >= 11 is 0. The summed E-state index contributed by atoms with van der Waals surface area (Å²) < 4.78 is 1.86. The molecule has 7 nitrogen and oxygen atoms in total. The van der Waals surface area contributed by atoms with Crippen LogP contribution < -0.4 is 11.2 Å². The molecule has 2 aromatic heterocycles. The first-order valence-electron chi connectivity index (χ1n) is 9.75. The summed E-state index contributed by atoms with van der Waals surface area (Å²) in [6, 6.07) is 16.4. The van der Waals surface area contributed by atoms with Gasteiger partial charge < -0.3 is 10.7 Å². The van der Waals surface area contributed by atoms with E-state index < -0.39 is 0 Å². The first kappa shape index (κ1) is 18.7. The van der Waals surface area contributed by atoms with Gasteiger partial charge in [-0.05, 0) is 37.0 Å². The van der Waals surface area contributed by atoms with Gasteiger partial charge in [-0.15, -0.1) is 0 Å². The van der Waals surface area contributed by atoms with E-state index in [1.54, 1.807) is 0 Å². The Hall–Kier alpha value is -3.61. The highest BCUT2D eigenvalue weighted by atomic mass is 15.3. The van der Waals surface area contributed by atoms with Crippen molar-refractivity contribution in [3.8, 4) is 0 Å². The molecule has 29 heavy (non-hydrogen) atoms. The van der Waals surface area contributed by atoms with Crippen molar-refractivity contribution in [1.29, 1.82) is 0 Å². The minimum Gasteiger partial charge on any atom is -0.369 e. The molecular weight excluding hydrogens is 362 g/mol. The normalized spacial score (nSPS) is 12.4. The number of H-pyrrole nitrogens is 1. The molecule has 4 N–H and O–H groups in total. The topological polar surface area (TPSA) is 96.4 Å². The Bertz CT molecular complexity index is 1170. The molecule has 4 rings (SSSR count). The number of rotatable bonds is 7. The molecule has 0 atom stereocenters. The second kappa shape index (κ2) is 8.60. The number of guanidine groups is 1. The highest BCUT2D eigenvalue weighted by Gasteiger charge is 2.07. The standard InChI is InChI=1S/C22H25N7/c1-29-21-12-5-3-10-18(21)20(28-29)15-25-22(23)27-26-13-7-6-8-16-14-24-19-11-4-2-9-17(16)19/h2-5,9-14,24H,6-8,15H2,1H3,(H3,23,25,27)/b26-13+. The zero-order valence-electron chi connectivity index (χ0n) is 16.5. The molecule has 0 radical (unpaired) electrons. The summed E-state index contributed by atoms with van der Waals surface area (Å²) in [6.07, 6.45) is 6.82. The van der Waals surface area contributed by atoms with Gasteiger partial charge in [-0.1, -0.05) is 36.4 Å². The Balaban J connectivity index is 1.24. The average molecular weight is 387 g/mol. The van der Waals surface area contributed by atoms with Crippen molar-refractivity contribution in [1.82, 2.24) is 20.2 Å². The largest absolute Gasteiger partial charge is 0.369 e. The van der Waals surface area contributed by atoms with E-state index in [0.29, 0.717) is 6.54 Å². The molecular formula is C22H25N7. The van der Waals surface area contributed by atoms with Crippen LogP contribution in [0.2, 0.25) is 0 Å². The van der Waals surface area contributed by atoms with Gasteiger partial charge in [0.05, 0.1) is 17.8 Å². The number of nitrogens with two attached hydrogens (primary N) is 1. The number of aromatic nitrogens is 3. The van der Waals surface area contributed by atoms with Crippen molar-refractivity contribution in [3.05, 3.63) is 66.0 Å². The molecule has 0 amide bonds. The lowest BCUT2D eigenvalue weighted by Gasteiger charge is -1.99. The quantitative estimate of drug-likeness (QED) is 0.196. The maximum atomic E-state index is 5.91. The van der Waals surface area contributed by atoms with Gasteiger partial charge in [-0.3, -0.25) is 4.68 Å². The number of unbranched alkanes of at least 4 members (excludes halogenated alkanes) is 1. The van der Waals surface area contributed by atoms with Crippen LogP contribution in [0.15, 0.2) is 64.8 Å². The van der Waals surface area contributed by atoms with Crippen molar-refractivity contribution in [3.63, 3.8) is 0 Å². The predicted octanol–water partition coefficient (Wildman–Crippen LogP) is 3.47. The molecule has 0 saturated carbocycles. The van der Waals surface area contributed by atoms with E-state index in [-0.39, 0.29) is 5.96 Å². The van der Waals surface area contributed by atoms with Gasteiger partial charge in [0.1, 0.15) is 0 Å². The zero-order valence-corrected chi connectivity index (χ0v) is 16.5. The minimum atomic E-state index is 0.285. The molecule has 0 aliphatic heterocycles. The van der Waals surface area contributed by atoms with E-state index in [2.05, 4.69) is 50.0 Å². The van der Waals surface area contributed by atoms with Crippen LogP contribution >= 0.6 is 0 Å². The Morgan fingerprint density at radius 2 is 1.97 bits per heavy atom. The number of hydrogen-bond donors (Lipinski definition) is 3. The van der Waals surface area contributed by atoms with Gasteiger partial charge in [0.2, 0.25) is 5.96 Å². The highest BCUT2D eigenvalue weighted by molar-refractivity contribution is 5.83. The van der Waals surface area contributed by atoms with Crippen molar-refractivity contribution in [2.75, 3.05) is 0 Å². The van der Waals surface area contributed by atoms with Crippen LogP contribution in [0.3, 0.4) is 0 Å². The van der Waals surface area contributed by atoms with E-state index in [1.807, 2.05) is 48.3 Å². The van der Waals surface area contributed by atoms with E-state index in [9.17, 15) is 0 Å². The monoisotopic (exact) mass is 387 g/mol. The van der Waals surface area contributed by atoms with Crippen LogP contribution in [-0.2, 0) is 20.0 Å². The Kier molecular flexibility index (Phi) is 5.56. The second-order valence-corrected chi connectivity index (χ2v) is 6.96. The third-order valence-corrected chi connectivity index (χ3v) is 4.96. The number of aliphatic imine (C=N–C) groups is 1. The van der Waals surface area contributed by atoms with Gasteiger partial charge in [0.25, 0.3) is 0 Å². The zero-order chi connectivity index (χ0) is 20.1. The molecule has 148 valence electrons. The Labute approximate surface area is 169 Å². The fraction of sp³-hybridized carbons (Fsp3) is 0.227. The molecule has 2 aromatic carbocycles. The fourth-order valence-electron chi connectivity index (χ4n) is 3.50. The lowest BCUT2D eigenvalue weighted by atomic mass is 10.1. The van der Waals surface area contributed by atoms with Gasteiger partial charge in [-0.2, -0.15) is 10.2 Å². The van der Waals surface area contributed by atoms with Crippen molar-refractivity contribution in [2.45, 2.75) is 25.8 Å². The summed E-state index contributed by atoms with van der Waals surface area (Å²) in [7, 11) is 1.93. The lowest BCUT2D eigenvalue weighted by molar-refractivity contribution is 0.764. The maximum absolute atomic E-state index is 5.91. The van der Waals surface area contributed by atoms with E-state index in [1.165, 1.54) is 16.5 Å². The number of benzene rings is 2. The van der Waals surface area contributed by atoms with Crippen LogP contribution in [0.1, 0.15) is 24.1 Å². The molecule has 0 aliphatic rings. The number of hydrazone groups is 1. The van der Waals surface area contributed by atoms with E-state index >= 15 is 0 Å². The third-order valence-electron chi connectivity index (χ3n) is 4.96. The fourth-order valence-corrected chi connectivity index (χ4v) is 3.50. The van der Waals surface area contributed by atoms with Gasteiger partial charge in [0, 0.05) is 35.7 Å². The van der Waals surface area contributed by atoms with Crippen LogP contribution in [0.4, 0.5) is 0 Å². The first-order chi connectivity index (χ1) is 14.2. The molecule has 7 heteroatoms. The number of nitrogens with zero attached hydrogens (tertiary/aromatic N) is 4. The third kappa shape index (κ3) is 4.29. The van der Waals surface area contributed by atoms with Gasteiger partial charge >= 0.3 is 0 Å². The Morgan fingerprint density at radius 1 is 1.17 bits per heavy atom. The van der Waals surface area contributed by atoms with Crippen LogP contribution in [0.5, 0.6) is 0 Å². The SMILES string of the molecule is Cn1nc(CN=C(N)N/N=C/CCCc2c[nH]c3ccccc23)c2ccccc21. The minimum absolute atomic E-state index is 0.285. The lowest BCUT2D eigenvalue weighted by Crippen LogP contribution is -2.27. The number of hydrogen-bond acceptors (Lipinski definition) is 3. The summed E-state index contributed by atoms with van der Waals surface area (Å²) in [6.45, 7) is 0.413. The van der Waals surface area contributed by atoms with Crippen LogP contribution in [0, 0.1) is 0 Å². The highest BCUT2D eigenvalue weighted by Crippen LogP contribution is 2.19. The molecule has 0 spiro atoms. The van der Waals surface area contributed by atoms with Crippen LogP contribution in [0.25, 0.3) is 21.8 Å². The summed E-state index contributed by atoms with van der Waals surface area (Å²) in [5.41, 5.74) is 13.2. The first-order valence-corrected chi connectivity index (χ1v) is 9.75. The predicted molar refractivity (Wildman–Crippen MR) is 119 cm³/mol. The average Bonchev–Trinajstić information content (AvgIpc) is 3.30. The van der Waals surface area contributed by atoms with E-state index in [0.717, 1.165) is 35.9 Å². The van der Waals surface area contributed by atoms with Crippen molar-refractivity contribution < 1.29 is 0 Å². The number of aryl methyl sites for hydroxylation is 2. The number of aromatic amines is 1. The molecule has 0 fully saturated rings. The number of para-hydroxylation sites is 2. The molecule has 0 unspecified atom stereocenters. The molecule has 0 bridgehead atoms. The maximum Gasteiger partial charge on any atom is 0.209 e. The Morgan fingerprint density at radius 3 is 2.86 bits per heavy atom. The van der Waals surface area contributed by atoms with Crippen molar-refractivity contribution in [2.24, 2.45) is 22.9 Å². The molecule has 4 aromatic rings. The van der Waals surface area contributed by atoms with E-state index in [4.69, 9.17) is 5.73 Å². The molecule has 2 heterocycles. The summed E-state index contributed by atoms with van der Waals surface area (Å²) in [4.78, 5) is 7.65. The number of nitrogens with one attached hydrogen (secondary N) is 2.